The van der Waals surface area contributed by atoms with Gasteiger partial charge in [-0.05, 0) is 43.2 Å². The van der Waals surface area contributed by atoms with Gasteiger partial charge in [-0.15, -0.1) is 11.3 Å². The molecule has 1 aromatic heterocycles. The van der Waals surface area contributed by atoms with Crippen molar-refractivity contribution >= 4 is 23.2 Å². The molecule has 0 bridgehead atoms. The molecule has 5 heteroatoms. The van der Waals surface area contributed by atoms with E-state index in [1.54, 1.807) is 24.3 Å². The van der Waals surface area contributed by atoms with Gasteiger partial charge >= 0.3 is 5.97 Å². The van der Waals surface area contributed by atoms with E-state index in [0.29, 0.717) is 17.8 Å². The molecule has 0 atom stereocenters. The van der Waals surface area contributed by atoms with Gasteiger partial charge in [0.2, 0.25) is 0 Å². The summed E-state index contributed by atoms with van der Waals surface area (Å²) in [5, 5.41) is 11.7. The highest BCUT2D eigenvalue weighted by atomic mass is 32.1. The molecule has 20 heavy (non-hydrogen) atoms. The Labute approximate surface area is 121 Å². The lowest BCUT2D eigenvalue weighted by Gasteiger charge is -2.05. The molecule has 0 spiro atoms. The monoisotopic (exact) mass is 289 g/mol. The Morgan fingerprint density at radius 3 is 2.70 bits per heavy atom. The third-order valence-electron chi connectivity index (χ3n) is 2.84. The van der Waals surface area contributed by atoms with Gasteiger partial charge in [-0.2, -0.15) is 0 Å². The quantitative estimate of drug-likeness (QED) is 0.889. The largest absolute Gasteiger partial charge is 0.478 e. The average Bonchev–Trinajstić information content (AvgIpc) is 2.86. The fourth-order valence-electron chi connectivity index (χ4n) is 1.82. The molecule has 0 aliphatic rings. The first-order chi connectivity index (χ1) is 9.56. The molecule has 0 radical (unpaired) electrons. The van der Waals surface area contributed by atoms with Crippen LogP contribution in [0.1, 0.15) is 30.5 Å². The standard InChI is InChI=1S/C15H15NO3S/c1-10-5-6-13(20-10)14(17)16-8-7-11-3-2-4-12(9-11)15(18)19/h2-6,9H,7-8H2,1H3,(H,16,17)(H,18,19). The molecule has 1 amide bonds. The van der Waals surface area contributed by atoms with E-state index in [4.69, 9.17) is 5.11 Å². The van der Waals surface area contributed by atoms with Gasteiger partial charge in [0.1, 0.15) is 0 Å². The summed E-state index contributed by atoms with van der Waals surface area (Å²) in [6.07, 6.45) is 0.608. The summed E-state index contributed by atoms with van der Waals surface area (Å²) in [6.45, 7) is 2.44. The number of aryl methyl sites for hydroxylation is 1. The molecule has 0 unspecified atom stereocenters. The second-order valence-corrected chi connectivity index (χ2v) is 5.71. The van der Waals surface area contributed by atoms with Crippen LogP contribution in [-0.2, 0) is 6.42 Å². The van der Waals surface area contributed by atoms with Crippen LogP contribution >= 0.6 is 11.3 Å². The van der Waals surface area contributed by atoms with E-state index in [0.717, 1.165) is 10.4 Å². The second kappa shape index (κ2) is 6.34. The fourth-order valence-corrected chi connectivity index (χ4v) is 2.61. The number of carboxylic acid groups (broad SMARTS) is 1. The Balaban J connectivity index is 1.88. The van der Waals surface area contributed by atoms with Gasteiger partial charge < -0.3 is 10.4 Å². The first-order valence-electron chi connectivity index (χ1n) is 6.23. The number of carbonyl (C=O) groups is 2. The van der Waals surface area contributed by atoms with Gasteiger partial charge in [-0.1, -0.05) is 12.1 Å². The van der Waals surface area contributed by atoms with Crippen LogP contribution in [0.4, 0.5) is 0 Å². The molecule has 0 aliphatic heterocycles. The van der Waals surface area contributed by atoms with Crippen molar-refractivity contribution in [2.45, 2.75) is 13.3 Å². The summed E-state index contributed by atoms with van der Waals surface area (Å²) in [5.74, 6) is -1.03. The topological polar surface area (TPSA) is 66.4 Å². The minimum Gasteiger partial charge on any atom is -0.478 e. The van der Waals surface area contributed by atoms with Crippen LogP contribution in [0.15, 0.2) is 36.4 Å². The Hall–Kier alpha value is -2.14. The maximum Gasteiger partial charge on any atom is 0.335 e. The summed E-state index contributed by atoms with van der Waals surface area (Å²) in [5.41, 5.74) is 1.16. The predicted molar refractivity (Wildman–Crippen MR) is 78.5 cm³/mol. The van der Waals surface area contributed by atoms with Crippen LogP contribution in [0.2, 0.25) is 0 Å². The van der Waals surface area contributed by atoms with E-state index in [1.165, 1.54) is 11.3 Å². The molecule has 2 rings (SSSR count). The van der Waals surface area contributed by atoms with Crippen LogP contribution in [0.25, 0.3) is 0 Å². The average molecular weight is 289 g/mol. The van der Waals surface area contributed by atoms with E-state index in [1.807, 2.05) is 19.1 Å². The molecule has 1 aromatic carbocycles. The van der Waals surface area contributed by atoms with E-state index in [-0.39, 0.29) is 11.5 Å². The number of hydrogen-bond donors (Lipinski definition) is 2. The molecule has 1 heterocycles. The molecule has 0 aliphatic carbocycles. The van der Waals surface area contributed by atoms with Gasteiger partial charge in [-0.25, -0.2) is 4.79 Å². The van der Waals surface area contributed by atoms with E-state index >= 15 is 0 Å². The van der Waals surface area contributed by atoms with Crippen molar-refractivity contribution in [1.82, 2.24) is 5.32 Å². The minimum absolute atomic E-state index is 0.0857. The van der Waals surface area contributed by atoms with Crippen molar-refractivity contribution in [3.8, 4) is 0 Å². The van der Waals surface area contributed by atoms with Gasteiger partial charge in [0, 0.05) is 11.4 Å². The van der Waals surface area contributed by atoms with Crippen LogP contribution in [0.5, 0.6) is 0 Å². The van der Waals surface area contributed by atoms with Crippen LogP contribution in [0.3, 0.4) is 0 Å². The van der Waals surface area contributed by atoms with Gasteiger partial charge in [0.05, 0.1) is 10.4 Å². The summed E-state index contributed by atoms with van der Waals surface area (Å²) >= 11 is 1.46. The molecule has 0 fully saturated rings. The summed E-state index contributed by atoms with van der Waals surface area (Å²) in [6, 6.07) is 10.5. The smallest absolute Gasteiger partial charge is 0.335 e. The minimum atomic E-state index is -0.940. The number of nitrogens with one attached hydrogen (secondary N) is 1. The lowest BCUT2D eigenvalue weighted by Crippen LogP contribution is -2.24. The number of hydrogen-bond acceptors (Lipinski definition) is 3. The Morgan fingerprint density at radius 1 is 1.25 bits per heavy atom. The predicted octanol–water partition coefficient (Wildman–Crippen LogP) is 2.73. The molecule has 104 valence electrons. The number of carboxylic acids is 1. The normalized spacial score (nSPS) is 10.2. The van der Waals surface area contributed by atoms with Crippen molar-refractivity contribution < 1.29 is 14.7 Å². The maximum absolute atomic E-state index is 11.8. The van der Waals surface area contributed by atoms with Crippen LogP contribution in [-0.4, -0.2) is 23.5 Å². The third-order valence-corrected chi connectivity index (χ3v) is 3.84. The fraction of sp³-hybridized carbons (Fsp3) is 0.200. The van der Waals surface area contributed by atoms with E-state index in [9.17, 15) is 9.59 Å². The molecule has 2 N–H and O–H groups in total. The lowest BCUT2D eigenvalue weighted by molar-refractivity contribution is 0.0696. The number of benzene rings is 1. The number of aromatic carboxylic acids is 1. The van der Waals surface area contributed by atoms with E-state index in [2.05, 4.69) is 5.32 Å². The number of carbonyl (C=O) groups excluding carboxylic acids is 1. The number of thiophene rings is 1. The summed E-state index contributed by atoms with van der Waals surface area (Å²) in [7, 11) is 0. The molecular weight excluding hydrogens is 274 g/mol. The van der Waals surface area contributed by atoms with Crippen LogP contribution < -0.4 is 5.32 Å². The molecule has 4 nitrogen and oxygen atoms in total. The highest BCUT2D eigenvalue weighted by molar-refractivity contribution is 7.13. The summed E-state index contributed by atoms with van der Waals surface area (Å²) < 4.78 is 0. The Kier molecular flexibility index (Phi) is 4.53. The molecule has 0 saturated carbocycles. The Morgan fingerprint density at radius 2 is 2.05 bits per heavy atom. The third kappa shape index (κ3) is 3.68. The molecular formula is C15H15NO3S. The van der Waals surface area contributed by atoms with Crippen molar-refractivity contribution in [1.29, 1.82) is 0 Å². The first-order valence-corrected chi connectivity index (χ1v) is 7.05. The van der Waals surface area contributed by atoms with Gasteiger partial charge in [0.25, 0.3) is 5.91 Å². The number of amides is 1. The van der Waals surface area contributed by atoms with E-state index < -0.39 is 5.97 Å². The highest BCUT2D eigenvalue weighted by Gasteiger charge is 2.07. The lowest BCUT2D eigenvalue weighted by atomic mass is 10.1. The van der Waals surface area contributed by atoms with Crippen molar-refractivity contribution in [3.05, 3.63) is 57.3 Å². The highest BCUT2D eigenvalue weighted by Crippen LogP contribution is 2.14. The second-order valence-electron chi connectivity index (χ2n) is 4.42. The van der Waals surface area contributed by atoms with Gasteiger partial charge in [0.15, 0.2) is 0 Å². The van der Waals surface area contributed by atoms with Crippen molar-refractivity contribution in [2.75, 3.05) is 6.54 Å². The molecule has 0 saturated heterocycles. The van der Waals surface area contributed by atoms with Crippen LogP contribution in [0, 0.1) is 6.92 Å². The number of rotatable bonds is 5. The maximum atomic E-state index is 11.8. The Bertz CT molecular complexity index is 634. The zero-order chi connectivity index (χ0) is 14.5. The summed E-state index contributed by atoms with van der Waals surface area (Å²) in [4.78, 5) is 24.5. The first kappa shape index (κ1) is 14.3. The SMILES string of the molecule is Cc1ccc(C(=O)NCCc2cccc(C(=O)O)c2)s1. The molecule has 2 aromatic rings. The zero-order valence-electron chi connectivity index (χ0n) is 11.1. The van der Waals surface area contributed by atoms with Crippen molar-refractivity contribution in [2.24, 2.45) is 0 Å². The van der Waals surface area contributed by atoms with Crippen molar-refractivity contribution in [3.63, 3.8) is 0 Å². The van der Waals surface area contributed by atoms with Gasteiger partial charge in [-0.3, -0.25) is 4.79 Å². The zero-order valence-corrected chi connectivity index (χ0v) is 11.9.